The molecule has 0 bridgehead atoms. The van der Waals surface area contributed by atoms with Crippen molar-refractivity contribution in [2.45, 2.75) is 13.0 Å². The van der Waals surface area contributed by atoms with Crippen molar-refractivity contribution in [1.82, 2.24) is 10.2 Å². The van der Waals surface area contributed by atoms with Gasteiger partial charge in [0.1, 0.15) is 0 Å². The molecule has 1 aliphatic rings. The summed E-state index contributed by atoms with van der Waals surface area (Å²) in [6, 6.07) is 7.25. The predicted molar refractivity (Wildman–Crippen MR) is 69.2 cm³/mol. The molecular weight excluding hydrogens is 274 g/mol. The standard InChI is InChI=1S/C13H15ClF2N2O/c14-11-4-2-1-3-9(11)5-17-12(19)8-18-6-10(7-18)13(15)16/h1-4,10,13H,5-8H2,(H,17,19). The van der Waals surface area contributed by atoms with Gasteiger partial charge in [-0.05, 0) is 11.6 Å². The van der Waals surface area contributed by atoms with E-state index in [-0.39, 0.29) is 25.5 Å². The van der Waals surface area contributed by atoms with Crippen LogP contribution in [0.3, 0.4) is 0 Å². The van der Waals surface area contributed by atoms with Crippen molar-refractivity contribution in [1.29, 1.82) is 0 Å². The Kier molecular flexibility index (Phi) is 4.71. The third-order valence-corrected chi connectivity index (χ3v) is 3.51. The summed E-state index contributed by atoms with van der Waals surface area (Å²) in [6.45, 7) is 1.09. The van der Waals surface area contributed by atoms with Gasteiger partial charge < -0.3 is 5.32 Å². The summed E-state index contributed by atoms with van der Waals surface area (Å²) in [7, 11) is 0. The van der Waals surface area contributed by atoms with E-state index in [9.17, 15) is 13.6 Å². The number of nitrogens with one attached hydrogen (secondary N) is 1. The minimum Gasteiger partial charge on any atom is -0.351 e. The van der Waals surface area contributed by atoms with E-state index in [4.69, 9.17) is 11.6 Å². The van der Waals surface area contributed by atoms with Crippen LogP contribution in [-0.2, 0) is 11.3 Å². The molecule has 0 radical (unpaired) electrons. The number of hydrogen-bond acceptors (Lipinski definition) is 2. The van der Waals surface area contributed by atoms with E-state index in [0.717, 1.165) is 5.56 Å². The smallest absolute Gasteiger partial charge is 0.243 e. The Morgan fingerprint density at radius 3 is 2.74 bits per heavy atom. The van der Waals surface area contributed by atoms with Crippen LogP contribution in [0.15, 0.2) is 24.3 Å². The van der Waals surface area contributed by atoms with Crippen molar-refractivity contribution >= 4 is 17.5 Å². The molecule has 0 aliphatic carbocycles. The maximum atomic E-state index is 12.3. The van der Waals surface area contributed by atoms with Crippen molar-refractivity contribution in [3.05, 3.63) is 34.9 Å². The first-order valence-electron chi connectivity index (χ1n) is 6.07. The molecular formula is C13H15ClF2N2O. The summed E-state index contributed by atoms with van der Waals surface area (Å²) in [6.07, 6.45) is -2.29. The number of hydrogen-bond donors (Lipinski definition) is 1. The Hall–Kier alpha value is -1.20. The van der Waals surface area contributed by atoms with Gasteiger partial charge in [-0.15, -0.1) is 0 Å². The van der Waals surface area contributed by atoms with Crippen molar-refractivity contribution < 1.29 is 13.6 Å². The molecule has 1 aromatic rings. The second kappa shape index (κ2) is 6.30. The van der Waals surface area contributed by atoms with E-state index in [2.05, 4.69) is 5.32 Å². The molecule has 1 N–H and O–H groups in total. The molecule has 1 heterocycles. The second-order valence-corrected chi connectivity index (χ2v) is 5.06. The number of alkyl halides is 2. The molecule has 0 atom stereocenters. The van der Waals surface area contributed by atoms with Gasteiger partial charge in [0, 0.05) is 30.6 Å². The van der Waals surface area contributed by atoms with Crippen LogP contribution in [0.5, 0.6) is 0 Å². The Morgan fingerprint density at radius 2 is 2.11 bits per heavy atom. The summed E-state index contributed by atoms with van der Waals surface area (Å²) in [5, 5.41) is 3.33. The lowest BCUT2D eigenvalue weighted by Gasteiger charge is -2.38. The molecule has 1 aromatic carbocycles. The van der Waals surface area contributed by atoms with Crippen LogP contribution < -0.4 is 5.32 Å². The Bertz CT molecular complexity index is 450. The highest BCUT2D eigenvalue weighted by atomic mass is 35.5. The average molecular weight is 289 g/mol. The molecule has 6 heteroatoms. The number of rotatable bonds is 5. The zero-order chi connectivity index (χ0) is 13.8. The van der Waals surface area contributed by atoms with Gasteiger partial charge in [-0.2, -0.15) is 0 Å². The van der Waals surface area contributed by atoms with Gasteiger partial charge in [0.2, 0.25) is 12.3 Å². The van der Waals surface area contributed by atoms with Crippen LogP contribution in [0, 0.1) is 5.92 Å². The first-order chi connectivity index (χ1) is 9.06. The number of halogens is 3. The van der Waals surface area contributed by atoms with Crippen molar-refractivity contribution in [2.75, 3.05) is 19.6 Å². The molecule has 0 saturated carbocycles. The second-order valence-electron chi connectivity index (χ2n) is 4.66. The molecule has 3 nitrogen and oxygen atoms in total. The number of nitrogens with zero attached hydrogens (tertiary/aromatic N) is 1. The fourth-order valence-corrected chi connectivity index (χ4v) is 2.20. The van der Waals surface area contributed by atoms with Gasteiger partial charge in [0.25, 0.3) is 0 Å². The molecule has 19 heavy (non-hydrogen) atoms. The number of carbonyl (C=O) groups excluding carboxylic acids is 1. The summed E-state index contributed by atoms with van der Waals surface area (Å²) in [4.78, 5) is 13.3. The topological polar surface area (TPSA) is 32.3 Å². The number of amides is 1. The zero-order valence-electron chi connectivity index (χ0n) is 10.3. The maximum Gasteiger partial charge on any atom is 0.243 e. The quantitative estimate of drug-likeness (QED) is 0.900. The van der Waals surface area contributed by atoms with Crippen LogP contribution in [0.2, 0.25) is 5.02 Å². The lowest BCUT2D eigenvalue weighted by atomic mass is 10.0. The molecule has 104 valence electrons. The molecule has 1 fully saturated rings. The Morgan fingerprint density at radius 1 is 1.42 bits per heavy atom. The Labute approximate surface area is 115 Å². The monoisotopic (exact) mass is 288 g/mol. The van der Waals surface area contributed by atoms with E-state index < -0.39 is 12.3 Å². The maximum absolute atomic E-state index is 12.3. The van der Waals surface area contributed by atoms with Gasteiger partial charge in [-0.3, -0.25) is 9.69 Å². The largest absolute Gasteiger partial charge is 0.351 e. The van der Waals surface area contributed by atoms with Crippen LogP contribution in [0.1, 0.15) is 5.56 Å². The van der Waals surface area contributed by atoms with E-state index >= 15 is 0 Å². The van der Waals surface area contributed by atoms with Gasteiger partial charge in [0.15, 0.2) is 0 Å². The molecule has 2 rings (SSSR count). The van der Waals surface area contributed by atoms with Crippen molar-refractivity contribution in [2.24, 2.45) is 5.92 Å². The molecule has 1 amide bonds. The van der Waals surface area contributed by atoms with Crippen LogP contribution in [0.4, 0.5) is 8.78 Å². The summed E-state index contributed by atoms with van der Waals surface area (Å²) in [5.74, 6) is -0.760. The van der Waals surface area contributed by atoms with Crippen LogP contribution in [0.25, 0.3) is 0 Å². The number of carbonyl (C=O) groups is 1. The van der Waals surface area contributed by atoms with Gasteiger partial charge in [-0.25, -0.2) is 8.78 Å². The van der Waals surface area contributed by atoms with Gasteiger partial charge in [-0.1, -0.05) is 29.8 Å². The lowest BCUT2D eigenvalue weighted by molar-refractivity contribution is -0.125. The zero-order valence-corrected chi connectivity index (χ0v) is 11.0. The SMILES string of the molecule is O=C(CN1CC(C(F)F)C1)NCc1ccccc1Cl. The Balaban J connectivity index is 1.70. The minimum atomic E-state index is -2.29. The highest BCUT2D eigenvalue weighted by molar-refractivity contribution is 6.31. The fourth-order valence-electron chi connectivity index (χ4n) is 1.99. The molecule has 1 saturated heterocycles. The van der Waals surface area contributed by atoms with Crippen LogP contribution in [-0.4, -0.2) is 36.9 Å². The highest BCUT2D eigenvalue weighted by Gasteiger charge is 2.34. The first-order valence-corrected chi connectivity index (χ1v) is 6.44. The van der Waals surface area contributed by atoms with Crippen LogP contribution >= 0.6 is 11.6 Å². The predicted octanol–water partition coefficient (Wildman–Crippen LogP) is 2.15. The summed E-state index contributed by atoms with van der Waals surface area (Å²) >= 11 is 5.96. The van der Waals surface area contributed by atoms with Gasteiger partial charge in [0.05, 0.1) is 6.54 Å². The van der Waals surface area contributed by atoms with Crippen molar-refractivity contribution in [3.63, 3.8) is 0 Å². The van der Waals surface area contributed by atoms with E-state index in [1.807, 2.05) is 18.2 Å². The first kappa shape index (κ1) is 14.2. The number of benzene rings is 1. The summed E-state index contributed by atoms with van der Waals surface area (Å²) in [5.41, 5.74) is 0.839. The summed E-state index contributed by atoms with van der Waals surface area (Å²) < 4.78 is 24.5. The van der Waals surface area contributed by atoms with E-state index in [1.165, 1.54) is 0 Å². The minimum absolute atomic E-state index is 0.160. The van der Waals surface area contributed by atoms with Crippen molar-refractivity contribution in [3.8, 4) is 0 Å². The molecule has 0 spiro atoms. The van der Waals surface area contributed by atoms with E-state index in [1.54, 1.807) is 11.0 Å². The van der Waals surface area contributed by atoms with Gasteiger partial charge >= 0.3 is 0 Å². The lowest BCUT2D eigenvalue weighted by Crippen LogP contribution is -2.53. The molecule has 1 aliphatic heterocycles. The molecule has 0 aromatic heterocycles. The number of likely N-dealkylation sites (tertiary alicyclic amines) is 1. The third-order valence-electron chi connectivity index (χ3n) is 3.14. The fraction of sp³-hybridized carbons (Fsp3) is 0.462. The normalized spacial score (nSPS) is 16.4. The highest BCUT2D eigenvalue weighted by Crippen LogP contribution is 2.21. The third kappa shape index (κ3) is 3.88. The molecule has 0 unspecified atom stereocenters. The average Bonchev–Trinajstić information content (AvgIpc) is 2.31. The van der Waals surface area contributed by atoms with E-state index in [0.29, 0.717) is 11.6 Å².